The minimum absolute atomic E-state index is 0.115. The maximum absolute atomic E-state index is 11.9. The van der Waals surface area contributed by atoms with Gasteiger partial charge in [-0.25, -0.2) is 0 Å². The molecular formula is C15H16BrN3O. The third-order valence-electron chi connectivity index (χ3n) is 3.94. The van der Waals surface area contributed by atoms with E-state index < -0.39 is 0 Å². The van der Waals surface area contributed by atoms with Crippen molar-refractivity contribution in [1.29, 1.82) is 5.26 Å². The lowest BCUT2D eigenvalue weighted by molar-refractivity contribution is -0.117. The summed E-state index contributed by atoms with van der Waals surface area (Å²) in [6.07, 6.45) is 2.89. The lowest BCUT2D eigenvalue weighted by Crippen LogP contribution is -2.25. The van der Waals surface area contributed by atoms with Crippen LogP contribution in [0.1, 0.15) is 24.8 Å². The van der Waals surface area contributed by atoms with E-state index >= 15 is 0 Å². The molecule has 0 N–H and O–H groups in total. The number of nitrogens with zero attached hydrogens (tertiary/aromatic N) is 3. The lowest BCUT2D eigenvalue weighted by atomic mass is 10.1. The number of halogens is 1. The van der Waals surface area contributed by atoms with E-state index in [0.717, 1.165) is 24.5 Å². The number of amides is 1. The SMILES string of the molecule is N#Cc1cc(N2CC(Br)CC2=O)ccc1N1CCCC1. The molecule has 104 valence electrons. The monoisotopic (exact) mass is 333 g/mol. The molecule has 1 atom stereocenters. The number of carbonyl (C=O) groups excluding carboxylic acids is 1. The van der Waals surface area contributed by atoms with Gasteiger partial charge in [0.15, 0.2) is 0 Å². The zero-order chi connectivity index (χ0) is 14.1. The predicted octanol–water partition coefficient (Wildman–Crippen LogP) is 2.66. The molecule has 3 rings (SSSR count). The molecule has 1 aromatic carbocycles. The zero-order valence-electron chi connectivity index (χ0n) is 11.2. The molecule has 0 aliphatic carbocycles. The van der Waals surface area contributed by atoms with E-state index in [1.54, 1.807) is 4.90 Å². The van der Waals surface area contributed by atoms with E-state index in [9.17, 15) is 10.1 Å². The maximum atomic E-state index is 11.9. The molecule has 0 aromatic heterocycles. The van der Waals surface area contributed by atoms with Gasteiger partial charge in [-0.05, 0) is 31.0 Å². The average molecular weight is 334 g/mol. The van der Waals surface area contributed by atoms with Gasteiger partial charge in [-0.15, -0.1) is 0 Å². The van der Waals surface area contributed by atoms with Crippen molar-refractivity contribution < 1.29 is 4.79 Å². The molecule has 0 radical (unpaired) electrons. The summed E-state index contributed by atoms with van der Waals surface area (Å²) in [6.45, 7) is 2.70. The highest BCUT2D eigenvalue weighted by Crippen LogP contribution is 2.31. The first-order chi connectivity index (χ1) is 9.69. The number of benzene rings is 1. The van der Waals surface area contributed by atoms with E-state index in [0.29, 0.717) is 18.5 Å². The first-order valence-electron chi connectivity index (χ1n) is 6.92. The normalized spacial score (nSPS) is 22.4. The Morgan fingerprint density at radius 2 is 2.05 bits per heavy atom. The summed E-state index contributed by atoms with van der Waals surface area (Å²) in [5, 5.41) is 9.37. The smallest absolute Gasteiger partial charge is 0.228 e. The Morgan fingerprint density at radius 1 is 1.30 bits per heavy atom. The van der Waals surface area contributed by atoms with Gasteiger partial charge in [0.1, 0.15) is 6.07 Å². The van der Waals surface area contributed by atoms with E-state index in [1.165, 1.54) is 12.8 Å². The average Bonchev–Trinajstić information content (AvgIpc) is 3.07. The molecule has 2 aliphatic heterocycles. The van der Waals surface area contributed by atoms with Gasteiger partial charge in [0.25, 0.3) is 0 Å². The second-order valence-electron chi connectivity index (χ2n) is 5.31. The summed E-state index contributed by atoms with van der Waals surface area (Å²) in [7, 11) is 0. The fraction of sp³-hybridized carbons (Fsp3) is 0.467. The highest BCUT2D eigenvalue weighted by molar-refractivity contribution is 9.09. The van der Waals surface area contributed by atoms with Crippen molar-refractivity contribution in [2.24, 2.45) is 0 Å². The third-order valence-corrected chi connectivity index (χ3v) is 4.55. The molecule has 0 spiro atoms. The molecule has 0 saturated carbocycles. The first-order valence-corrected chi connectivity index (χ1v) is 7.84. The number of alkyl halides is 1. The quantitative estimate of drug-likeness (QED) is 0.781. The number of anilines is 2. The fourth-order valence-corrected chi connectivity index (χ4v) is 3.50. The molecule has 2 saturated heterocycles. The van der Waals surface area contributed by atoms with Crippen LogP contribution < -0.4 is 9.80 Å². The van der Waals surface area contributed by atoms with E-state index in [-0.39, 0.29) is 10.7 Å². The van der Waals surface area contributed by atoms with Crippen molar-refractivity contribution in [1.82, 2.24) is 0 Å². The van der Waals surface area contributed by atoms with Crippen molar-refractivity contribution in [3.05, 3.63) is 23.8 Å². The van der Waals surface area contributed by atoms with E-state index in [4.69, 9.17) is 0 Å². The minimum Gasteiger partial charge on any atom is -0.370 e. The van der Waals surface area contributed by atoms with Crippen molar-refractivity contribution in [2.75, 3.05) is 29.4 Å². The van der Waals surface area contributed by atoms with Crippen molar-refractivity contribution >= 4 is 33.2 Å². The summed E-state index contributed by atoms with van der Waals surface area (Å²) < 4.78 is 0. The summed E-state index contributed by atoms with van der Waals surface area (Å²) in [5.41, 5.74) is 2.49. The van der Waals surface area contributed by atoms with Gasteiger partial charge in [-0.3, -0.25) is 4.79 Å². The molecule has 0 bridgehead atoms. The molecule has 2 aliphatic rings. The van der Waals surface area contributed by atoms with Crippen LogP contribution in [0.3, 0.4) is 0 Å². The van der Waals surface area contributed by atoms with Gasteiger partial charge < -0.3 is 9.80 Å². The highest BCUT2D eigenvalue weighted by Gasteiger charge is 2.29. The molecular weight excluding hydrogens is 318 g/mol. The van der Waals surface area contributed by atoms with Crippen LogP contribution in [0.15, 0.2) is 18.2 Å². The Kier molecular flexibility index (Phi) is 3.66. The van der Waals surface area contributed by atoms with Crippen LogP contribution >= 0.6 is 15.9 Å². The molecule has 1 amide bonds. The fourth-order valence-electron chi connectivity index (χ4n) is 2.93. The topological polar surface area (TPSA) is 47.3 Å². The minimum atomic E-state index is 0.115. The van der Waals surface area contributed by atoms with Crippen LogP contribution in [0.4, 0.5) is 11.4 Å². The Labute approximate surface area is 127 Å². The summed E-state index contributed by atoms with van der Waals surface area (Å²) in [6, 6.07) is 8.05. The summed E-state index contributed by atoms with van der Waals surface area (Å²) >= 11 is 3.48. The standard InChI is InChI=1S/C15H16BrN3O/c16-12-8-15(20)19(10-12)13-3-4-14(11(7-13)9-17)18-5-1-2-6-18/h3-4,7,12H,1-2,5-6,8,10H2. The van der Waals surface area contributed by atoms with Crippen LogP contribution in [0.25, 0.3) is 0 Å². The Morgan fingerprint density at radius 3 is 2.65 bits per heavy atom. The summed E-state index contributed by atoms with van der Waals surface area (Å²) in [4.78, 5) is 16.1. The molecule has 4 nitrogen and oxygen atoms in total. The molecule has 1 aromatic rings. The highest BCUT2D eigenvalue weighted by atomic mass is 79.9. The Hall–Kier alpha value is -1.54. The Balaban J connectivity index is 1.91. The van der Waals surface area contributed by atoms with Crippen molar-refractivity contribution in [3.63, 3.8) is 0 Å². The van der Waals surface area contributed by atoms with Crippen LogP contribution in [0.5, 0.6) is 0 Å². The Bertz CT molecular complexity index is 575. The van der Waals surface area contributed by atoms with Crippen LogP contribution in [-0.2, 0) is 4.79 Å². The van der Waals surface area contributed by atoms with E-state index in [1.807, 2.05) is 18.2 Å². The number of carbonyl (C=O) groups is 1. The number of nitriles is 1. The molecule has 20 heavy (non-hydrogen) atoms. The van der Waals surface area contributed by atoms with Gasteiger partial charge in [0.05, 0.1) is 11.3 Å². The van der Waals surface area contributed by atoms with Gasteiger partial charge in [-0.1, -0.05) is 15.9 Å². The number of rotatable bonds is 2. The van der Waals surface area contributed by atoms with Gasteiger partial charge in [-0.2, -0.15) is 5.26 Å². The van der Waals surface area contributed by atoms with Crippen molar-refractivity contribution in [3.8, 4) is 6.07 Å². The number of hydrogen-bond donors (Lipinski definition) is 0. The zero-order valence-corrected chi connectivity index (χ0v) is 12.8. The second kappa shape index (κ2) is 5.45. The first kappa shape index (κ1) is 13.4. The molecule has 2 fully saturated rings. The maximum Gasteiger partial charge on any atom is 0.228 e. The van der Waals surface area contributed by atoms with Gasteiger partial charge >= 0.3 is 0 Å². The molecule has 2 heterocycles. The van der Waals surface area contributed by atoms with Crippen LogP contribution in [0.2, 0.25) is 0 Å². The second-order valence-corrected chi connectivity index (χ2v) is 6.61. The molecule has 5 heteroatoms. The van der Waals surface area contributed by atoms with Crippen LogP contribution in [-0.4, -0.2) is 30.4 Å². The van der Waals surface area contributed by atoms with Gasteiger partial charge in [0.2, 0.25) is 5.91 Å². The van der Waals surface area contributed by atoms with Gasteiger partial charge in [0, 0.05) is 36.6 Å². The summed E-state index contributed by atoms with van der Waals surface area (Å²) in [5.74, 6) is 0.115. The predicted molar refractivity (Wildman–Crippen MR) is 82.3 cm³/mol. The largest absolute Gasteiger partial charge is 0.370 e. The number of hydrogen-bond acceptors (Lipinski definition) is 3. The third kappa shape index (κ3) is 2.40. The molecule has 1 unspecified atom stereocenters. The van der Waals surface area contributed by atoms with Crippen LogP contribution in [0, 0.1) is 11.3 Å². The van der Waals surface area contributed by atoms with E-state index in [2.05, 4.69) is 26.9 Å². The lowest BCUT2D eigenvalue weighted by Gasteiger charge is -2.22. The van der Waals surface area contributed by atoms with Crippen molar-refractivity contribution in [2.45, 2.75) is 24.1 Å².